The minimum atomic E-state index is -0.865. The third kappa shape index (κ3) is 5.27. The third-order valence-corrected chi connectivity index (χ3v) is 5.39. The number of thioether (sulfide) groups is 1. The molecule has 9 heteroatoms. The Kier molecular flexibility index (Phi) is 6.76. The molecule has 0 unspecified atom stereocenters. The van der Waals surface area contributed by atoms with Crippen molar-refractivity contribution in [1.29, 1.82) is 0 Å². The lowest BCUT2D eigenvalue weighted by atomic mass is 10.1. The van der Waals surface area contributed by atoms with Crippen molar-refractivity contribution in [3.63, 3.8) is 0 Å². The number of aliphatic carboxylic acids is 1. The fourth-order valence-electron chi connectivity index (χ4n) is 2.81. The van der Waals surface area contributed by atoms with Crippen molar-refractivity contribution in [3.8, 4) is 11.3 Å². The minimum absolute atomic E-state index is 0.0663. The highest BCUT2D eigenvalue weighted by Gasteiger charge is 2.34. The highest BCUT2D eigenvalue weighted by atomic mass is 35.5. The zero-order chi connectivity index (χ0) is 21.0. The predicted octanol–water partition coefficient (Wildman–Crippen LogP) is 5.42. The van der Waals surface area contributed by atoms with Crippen molar-refractivity contribution in [2.45, 2.75) is 25.7 Å². The van der Waals surface area contributed by atoms with Crippen LogP contribution in [0.4, 0.5) is 9.18 Å². The fraction of sp³-hybridized carbons (Fsp3) is 0.250. The molecule has 0 saturated carbocycles. The molecule has 0 atom stereocenters. The number of benzene rings is 1. The van der Waals surface area contributed by atoms with Gasteiger partial charge in [0.1, 0.15) is 17.3 Å². The number of carboxylic acids is 1. The van der Waals surface area contributed by atoms with E-state index < -0.39 is 17.7 Å². The van der Waals surface area contributed by atoms with E-state index in [9.17, 15) is 18.8 Å². The van der Waals surface area contributed by atoms with Gasteiger partial charge >= 0.3 is 5.97 Å². The summed E-state index contributed by atoms with van der Waals surface area (Å²) in [6.45, 7) is 0.237. The van der Waals surface area contributed by atoms with Gasteiger partial charge in [-0.2, -0.15) is 0 Å². The summed E-state index contributed by atoms with van der Waals surface area (Å²) in [6, 6.07) is 7.39. The first-order valence-corrected chi connectivity index (χ1v) is 10.1. The van der Waals surface area contributed by atoms with Gasteiger partial charge in [0.15, 0.2) is 0 Å². The molecule has 2 amide bonds. The molecule has 6 nitrogen and oxygen atoms in total. The zero-order valence-corrected chi connectivity index (χ0v) is 16.8. The number of halogens is 2. The number of carbonyl (C=O) groups excluding carboxylic acids is 2. The van der Waals surface area contributed by atoms with E-state index in [1.807, 2.05) is 0 Å². The molecule has 1 aliphatic rings. The van der Waals surface area contributed by atoms with Crippen molar-refractivity contribution in [1.82, 2.24) is 4.90 Å². The highest BCUT2D eigenvalue weighted by molar-refractivity contribution is 8.18. The topological polar surface area (TPSA) is 87.8 Å². The summed E-state index contributed by atoms with van der Waals surface area (Å²) in [6.07, 6.45) is 3.17. The highest BCUT2D eigenvalue weighted by Crippen LogP contribution is 2.34. The number of hydrogen-bond donors (Lipinski definition) is 1. The van der Waals surface area contributed by atoms with Gasteiger partial charge in [0.05, 0.1) is 10.5 Å². The molecule has 0 spiro atoms. The Balaban J connectivity index is 1.65. The quantitative estimate of drug-likeness (QED) is 0.438. The molecule has 2 aromatic rings. The van der Waals surface area contributed by atoms with Crippen LogP contribution >= 0.6 is 23.4 Å². The smallest absolute Gasteiger partial charge is 0.303 e. The van der Waals surface area contributed by atoms with Gasteiger partial charge in [0.2, 0.25) is 0 Å². The van der Waals surface area contributed by atoms with Crippen LogP contribution in [0.2, 0.25) is 5.02 Å². The molecule has 29 heavy (non-hydrogen) atoms. The first kappa shape index (κ1) is 21.1. The third-order valence-electron chi connectivity index (χ3n) is 4.24. The van der Waals surface area contributed by atoms with Crippen LogP contribution in [-0.2, 0) is 9.59 Å². The maximum absolute atomic E-state index is 14.0. The molecule has 1 aliphatic heterocycles. The van der Waals surface area contributed by atoms with Crippen LogP contribution in [0.25, 0.3) is 17.4 Å². The van der Waals surface area contributed by atoms with E-state index in [0.717, 1.165) is 16.7 Å². The Labute approximate surface area is 175 Å². The number of hydrogen-bond acceptors (Lipinski definition) is 5. The molecule has 0 radical (unpaired) electrons. The summed E-state index contributed by atoms with van der Waals surface area (Å²) < 4.78 is 19.6. The number of amides is 2. The summed E-state index contributed by atoms with van der Waals surface area (Å²) in [4.78, 5) is 36.4. The standard InChI is InChI=1S/C20H17ClFNO5S/c21-12-5-7-14(15(22)10-12)16-8-6-13(28-16)11-17-19(26)23(20(27)29-17)9-3-1-2-4-18(24)25/h5-8,10-11H,1-4,9H2,(H,24,25)/b17-11-. The van der Waals surface area contributed by atoms with E-state index in [0.29, 0.717) is 25.0 Å². The van der Waals surface area contributed by atoms with Gasteiger partial charge < -0.3 is 9.52 Å². The van der Waals surface area contributed by atoms with Crippen molar-refractivity contribution < 1.29 is 28.3 Å². The molecule has 0 aliphatic carbocycles. The molecule has 1 saturated heterocycles. The molecule has 0 bridgehead atoms. The van der Waals surface area contributed by atoms with Crippen LogP contribution in [0.5, 0.6) is 0 Å². The number of unbranched alkanes of at least 4 members (excludes halogenated alkanes) is 2. The molecular formula is C20H17ClFNO5S. The molecular weight excluding hydrogens is 421 g/mol. The lowest BCUT2D eigenvalue weighted by molar-refractivity contribution is -0.137. The normalized spacial score (nSPS) is 15.5. The van der Waals surface area contributed by atoms with Crippen LogP contribution in [-0.4, -0.2) is 33.7 Å². The van der Waals surface area contributed by atoms with E-state index in [-0.39, 0.29) is 39.5 Å². The van der Waals surface area contributed by atoms with Crippen molar-refractivity contribution >= 4 is 46.6 Å². The monoisotopic (exact) mass is 437 g/mol. The first-order valence-electron chi connectivity index (χ1n) is 8.87. The van der Waals surface area contributed by atoms with Gasteiger partial charge in [0, 0.05) is 24.1 Å². The fourth-order valence-corrected chi connectivity index (χ4v) is 3.81. The summed E-state index contributed by atoms with van der Waals surface area (Å²) in [7, 11) is 0. The first-order chi connectivity index (χ1) is 13.8. The Hall–Kier alpha value is -2.58. The zero-order valence-electron chi connectivity index (χ0n) is 15.2. The van der Waals surface area contributed by atoms with Gasteiger partial charge in [-0.1, -0.05) is 18.0 Å². The molecule has 152 valence electrons. The van der Waals surface area contributed by atoms with Crippen LogP contribution in [0.3, 0.4) is 0 Å². The molecule has 1 N–H and O–H groups in total. The second-order valence-corrected chi connectivity index (χ2v) is 7.79. The van der Waals surface area contributed by atoms with Crippen LogP contribution in [0, 0.1) is 5.82 Å². The molecule has 1 aromatic heterocycles. The molecule has 2 heterocycles. The van der Waals surface area contributed by atoms with Gasteiger partial charge in [0.25, 0.3) is 11.1 Å². The number of carboxylic acid groups (broad SMARTS) is 1. The lowest BCUT2D eigenvalue weighted by Gasteiger charge is -2.11. The van der Waals surface area contributed by atoms with E-state index in [1.54, 1.807) is 18.2 Å². The minimum Gasteiger partial charge on any atom is -0.481 e. The number of furan rings is 1. The van der Waals surface area contributed by atoms with E-state index in [1.165, 1.54) is 18.2 Å². The largest absolute Gasteiger partial charge is 0.481 e. The SMILES string of the molecule is O=C(O)CCCCCN1C(=O)S/C(=C\c2ccc(-c3ccc(Cl)cc3F)o2)C1=O. The van der Waals surface area contributed by atoms with Crippen molar-refractivity contribution in [2.75, 3.05) is 6.54 Å². The van der Waals surface area contributed by atoms with Crippen LogP contribution < -0.4 is 0 Å². The maximum Gasteiger partial charge on any atom is 0.303 e. The predicted molar refractivity (Wildman–Crippen MR) is 108 cm³/mol. The Bertz CT molecular complexity index is 987. The number of imide groups is 1. The van der Waals surface area contributed by atoms with E-state index in [2.05, 4.69) is 0 Å². The number of rotatable bonds is 8. The summed E-state index contributed by atoms with van der Waals surface area (Å²) in [5.41, 5.74) is 0.239. The average Bonchev–Trinajstić information content (AvgIpc) is 3.21. The Morgan fingerprint density at radius 2 is 2.00 bits per heavy atom. The average molecular weight is 438 g/mol. The molecule has 1 aromatic carbocycles. The Morgan fingerprint density at radius 3 is 2.72 bits per heavy atom. The van der Waals surface area contributed by atoms with E-state index in [4.69, 9.17) is 21.1 Å². The summed E-state index contributed by atoms with van der Waals surface area (Å²) >= 11 is 6.56. The van der Waals surface area contributed by atoms with Crippen molar-refractivity contribution in [3.05, 3.63) is 51.8 Å². The van der Waals surface area contributed by atoms with Gasteiger partial charge in [-0.15, -0.1) is 0 Å². The van der Waals surface area contributed by atoms with Gasteiger partial charge in [-0.05, 0) is 54.9 Å². The van der Waals surface area contributed by atoms with Gasteiger partial charge in [-0.25, -0.2) is 4.39 Å². The van der Waals surface area contributed by atoms with Gasteiger partial charge in [-0.3, -0.25) is 19.3 Å². The summed E-state index contributed by atoms with van der Waals surface area (Å²) in [5.74, 6) is -1.21. The van der Waals surface area contributed by atoms with Crippen LogP contribution in [0.1, 0.15) is 31.4 Å². The maximum atomic E-state index is 14.0. The second kappa shape index (κ2) is 9.28. The number of carbonyl (C=O) groups is 3. The molecule has 1 fully saturated rings. The second-order valence-electron chi connectivity index (χ2n) is 6.36. The van der Waals surface area contributed by atoms with E-state index >= 15 is 0 Å². The van der Waals surface area contributed by atoms with Crippen molar-refractivity contribution in [2.24, 2.45) is 0 Å². The number of nitrogens with zero attached hydrogens (tertiary/aromatic N) is 1. The van der Waals surface area contributed by atoms with Crippen LogP contribution in [0.15, 0.2) is 39.7 Å². The summed E-state index contributed by atoms with van der Waals surface area (Å²) in [5, 5.41) is 8.51. The molecule has 3 rings (SSSR count). The Morgan fingerprint density at radius 1 is 1.21 bits per heavy atom. The lowest BCUT2D eigenvalue weighted by Crippen LogP contribution is -2.29.